The molecule has 2 aliphatic rings. The minimum atomic E-state index is 0.174. The SMILES string of the molecule is O=C(c1ccsc1)N1C[C@H]2CN(c3ncccn3)C[C@@H]2C1. The van der Waals surface area contributed by atoms with E-state index in [1.54, 1.807) is 23.7 Å². The molecule has 0 aliphatic carbocycles. The molecule has 21 heavy (non-hydrogen) atoms. The summed E-state index contributed by atoms with van der Waals surface area (Å²) in [5, 5.41) is 3.89. The second kappa shape index (κ2) is 5.11. The summed E-state index contributed by atoms with van der Waals surface area (Å²) in [5.74, 6) is 2.06. The number of fused-ring (bicyclic) bond motifs is 1. The zero-order valence-electron chi connectivity index (χ0n) is 11.6. The van der Waals surface area contributed by atoms with Crippen LogP contribution >= 0.6 is 11.3 Å². The monoisotopic (exact) mass is 300 g/mol. The van der Waals surface area contributed by atoms with Crippen LogP contribution in [-0.2, 0) is 0 Å². The van der Waals surface area contributed by atoms with Crippen molar-refractivity contribution < 1.29 is 4.79 Å². The van der Waals surface area contributed by atoms with Gasteiger partial charge in [-0.05, 0) is 17.5 Å². The highest BCUT2D eigenvalue weighted by Crippen LogP contribution is 2.33. The van der Waals surface area contributed by atoms with Gasteiger partial charge in [0.05, 0.1) is 5.56 Å². The molecule has 0 spiro atoms. The fourth-order valence-corrected chi connectivity index (χ4v) is 3.98. The highest BCUT2D eigenvalue weighted by atomic mass is 32.1. The molecule has 108 valence electrons. The maximum Gasteiger partial charge on any atom is 0.254 e. The molecule has 0 N–H and O–H groups in total. The average Bonchev–Trinajstić information content (AvgIpc) is 3.23. The molecule has 0 radical (unpaired) electrons. The van der Waals surface area contributed by atoms with Gasteiger partial charge in [0, 0.05) is 55.8 Å². The standard InChI is InChI=1S/C15H16N4OS/c20-14(11-2-5-21-10-11)18-6-12-8-19(9-13(12)7-18)15-16-3-1-4-17-15/h1-5,10,12-13H,6-9H2/t12-,13-/m0/s1. The summed E-state index contributed by atoms with van der Waals surface area (Å²) < 4.78 is 0. The van der Waals surface area contributed by atoms with E-state index in [0.717, 1.165) is 37.7 Å². The molecule has 0 bridgehead atoms. The van der Waals surface area contributed by atoms with Crippen molar-refractivity contribution in [2.45, 2.75) is 0 Å². The molecule has 2 fully saturated rings. The Morgan fingerprint density at radius 3 is 2.48 bits per heavy atom. The minimum absolute atomic E-state index is 0.174. The van der Waals surface area contributed by atoms with E-state index in [2.05, 4.69) is 14.9 Å². The Morgan fingerprint density at radius 2 is 1.86 bits per heavy atom. The lowest BCUT2D eigenvalue weighted by atomic mass is 10.0. The number of anilines is 1. The van der Waals surface area contributed by atoms with E-state index < -0.39 is 0 Å². The number of hydrogen-bond acceptors (Lipinski definition) is 5. The van der Waals surface area contributed by atoms with Crippen molar-refractivity contribution >= 4 is 23.2 Å². The number of thiophene rings is 1. The third-order valence-corrected chi connectivity index (χ3v) is 5.06. The van der Waals surface area contributed by atoms with Gasteiger partial charge < -0.3 is 9.80 Å². The van der Waals surface area contributed by atoms with E-state index in [0.29, 0.717) is 11.8 Å². The first-order chi connectivity index (χ1) is 10.3. The van der Waals surface area contributed by atoms with Gasteiger partial charge in [0.15, 0.2) is 0 Å². The molecule has 2 saturated heterocycles. The normalized spacial score (nSPS) is 24.4. The highest BCUT2D eigenvalue weighted by Gasteiger charge is 2.42. The average molecular weight is 300 g/mol. The molecule has 2 atom stereocenters. The molecule has 4 rings (SSSR count). The third-order valence-electron chi connectivity index (χ3n) is 4.38. The van der Waals surface area contributed by atoms with E-state index in [1.165, 1.54) is 0 Å². The maximum absolute atomic E-state index is 12.4. The lowest BCUT2D eigenvalue weighted by molar-refractivity contribution is 0.0783. The number of carbonyl (C=O) groups excluding carboxylic acids is 1. The number of likely N-dealkylation sites (tertiary alicyclic amines) is 1. The van der Waals surface area contributed by atoms with Crippen LogP contribution in [0.3, 0.4) is 0 Å². The third kappa shape index (κ3) is 2.29. The first kappa shape index (κ1) is 12.8. The van der Waals surface area contributed by atoms with Crippen LogP contribution in [0.5, 0.6) is 0 Å². The molecule has 1 amide bonds. The van der Waals surface area contributed by atoms with Crippen molar-refractivity contribution in [3.05, 3.63) is 40.8 Å². The van der Waals surface area contributed by atoms with Crippen molar-refractivity contribution in [1.82, 2.24) is 14.9 Å². The summed E-state index contributed by atoms with van der Waals surface area (Å²) in [7, 11) is 0. The summed E-state index contributed by atoms with van der Waals surface area (Å²) in [5.41, 5.74) is 0.822. The van der Waals surface area contributed by atoms with Crippen LogP contribution in [-0.4, -0.2) is 47.0 Å². The molecule has 6 heteroatoms. The lowest BCUT2D eigenvalue weighted by Gasteiger charge is -2.21. The maximum atomic E-state index is 12.4. The van der Waals surface area contributed by atoms with Crippen LogP contribution in [0.25, 0.3) is 0 Å². The van der Waals surface area contributed by atoms with Gasteiger partial charge in [-0.25, -0.2) is 9.97 Å². The van der Waals surface area contributed by atoms with Crippen molar-refractivity contribution in [3.8, 4) is 0 Å². The van der Waals surface area contributed by atoms with Gasteiger partial charge in [0.25, 0.3) is 5.91 Å². The van der Waals surface area contributed by atoms with Crippen LogP contribution in [0.15, 0.2) is 35.3 Å². The zero-order valence-corrected chi connectivity index (χ0v) is 12.4. The molecule has 0 unspecified atom stereocenters. The quantitative estimate of drug-likeness (QED) is 0.848. The van der Waals surface area contributed by atoms with Gasteiger partial charge >= 0.3 is 0 Å². The zero-order chi connectivity index (χ0) is 14.2. The molecule has 5 nitrogen and oxygen atoms in total. The highest BCUT2D eigenvalue weighted by molar-refractivity contribution is 7.08. The molecule has 2 aromatic heterocycles. The minimum Gasteiger partial charge on any atom is -0.340 e. The van der Waals surface area contributed by atoms with E-state index >= 15 is 0 Å². The van der Waals surface area contributed by atoms with Gasteiger partial charge in [-0.1, -0.05) is 0 Å². The van der Waals surface area contributed by atoms with Crippen molar-refractivity contribution in [2.24, 2.45) is 11.8 Å². The molecule has 0 aromatic carbocycles. The number of carbonyl (C=O) groups is 1. The molecular weight excluding hydrogens is 284 g/mol. The Balaban J connectivity index is 1.43. The molecule has 2 aromatic rings. The summed E-state index contributed by atoms with van der Waals surface area (Å²) in [6.45, 7) is 3.59. The topological polar surface area (TPSA) is 49.3 Å². The van der Waals surface area contributed by atoms with Crippen LogP contribution in [0.1, 0.15) is 10.4 Å². The predicted molar refractivity (Wildman–Crippen MR) is 81.4 cm³/mol. The fourth-order valence-electron chi connectivity index (χ4n) is 3.35. The van der Waals surface area contributed by atoms with Crippen molar-refractivity contribution in [3.63, 3.8) is 0 Å². The number of amides is 1. The first-order valence-corrected chi connectivity index (χ1v) is 8.09. The largest absolute Gasteiger partial charge is 0.340 e. The lowest BCUT2D eigenvalue weighted by Crippen LogP contribution is -2.33. The number of nitrogens with zero attached hydrogens (tertiary/aromatic N) is 4. The second-order valence-corrected chi connectivity index (χ2v) is 6.48. The van der Waals surface area contributed by atoms with Crippen molar-refractivity contribution in [2.75, 3.05) is 31.1 Å². The van der Waals surface area contributed by atoms with E-state index in [-0.39, 0.29) is 5.91 Å². The van der Waals surface area contributed by atoms with Crippen LogP contribution in [0, 0.1) is 11.8 Å². The molecule has 0 saturated carbocycles. The number of rotatable bonds is 2. The van der Waals surface area contributed by atoms with Crippen LogP contribution < -0.4 is 4.90 Å². The fraction of sp³-hybridized carbons (Fsp3) is 0.400. The molecule has 4 heterocycles. The summed E-state index contributed by atoms with van der Waals surface area (Å²) in [4.78, 5) is 25.3. The Morgan fingerprint density at radius 1 is 1.14 bits per heavy atom. The molecular formula is C15H16N4OS. The Kier molecular flexibility index (Phi) is 3.11. The number of aromatic nitrogens is 2. The van der Waals surface area contributed by atoms with E-state index in [9.17, 15) is 4.79 Å². The Bertz CT molecular complexity index is 616. The van der Waals surface area contributed by atoms with Gasteiger partial charge in [-0.3, -0.25) is 4.79 Å². The van der Waals surface area contributed by atoms with Gasteiger partial charge in [0.2, 0.25) is 5.95 Å². The van der Waals surface area contributed by atoms with E-state index in [1.807, 2.05) is 27.8 Å². The number of hydrogen-bond donors (Lipinski definition) is 0. The van der Waals surface area contributed by atoms with Gasteiger partial charge in [-0.15, -0.1) is 0 Å². The summed E-state index contributed by atoms with van der Waals surface area (Å²) >= 11 is 1.57. The summed E-state index contributed by atoms with van der Waals surface area (Å²) in [6, 6.07) is 3.74. The smallest absolute Gasteiger partial charge is 0.254 e. The molecule has 2 aliphatic heterocycles. The van der Waals surface area contributed by atoms with Gasteiger partial charge in [-0.2, -0.15) is 11.3 Å². The van der Waals surface area contributed by atoms with Crippen LogP contribution in [0.4, 0.5) is 5.95 Å². The Hall–Kier alpha value is -1.95. The van der Waals surface area contributed by atoms with Gasteiger partial charge in [0.1, 0.15) is 0 Å². The van der Waals surface area contributed by atoms with Crippen molar-refractivity contribution in [1.29, 1.82) is 0 Å². The van der Waals surface area contributed by atoms with Crippen LogP contribution in [0.2, 0.25) is 0 Å². The predicted octanol–water partition coefficient (Wildman–Crippen LogP) is 1.75. The first-order valence-electron chi connectivity index (χ1n) is 7.14. The summed E-state index contributed by atoms with van der Waals surface area (Å²) in [6.07, 6.45) is 3.56. The Labute approximate surface area is 127 Å². The second-order valence-electron chi connectivity index (χ2n) is 5.70. The van der Waals surface area contributed by atoms with E-state index in [4.69, 9.17) is 0 Å².